The summed E-state index contributed by atoms with van der Waals surface area (Å²) in [5.41, 5.74) is 3.48. The Hall–Kier alpha value is -3.68. The van der Waals surface area contributed by atoms with Crippen LogP contribution in [0.15, 0.2) is 88.7 Å². The Bertz CT molecular complexity index is 1880. The quantitative estimate of drug-likeness (QED) is 0.205. The molecule has 0 aliphatic carbocycles. The fourth-order valence-electron chi connectivity index (χ4n) is 4.35. The fourth-order valence-corrected chi connectivity index (χ4v) is 5.64. The van der Waals surface area contributed by atoms with Crippen molar-refractivity contribution in [2.24, 2.45) is 0 Å². The van der Waals surface area contributed by atoms with Gasteiger partial charge in [0, 0.05) is 17.2 Å². The van der Waals surface area contributed by atoms with Crippen LogP contribution in [0.1, 0.15) is 19.2 Å². The van der Waals surface area contributed by atoms with Crippen LogP contribution in [-0.2, 0) is 27.0 Å². The molecule has 0 saturated heterocycles. The van der Waals surface area contributed by atoms with Crippen LogP contribution in [0, 0.1) is 0 Å². The van der Waals surface area contributed by atoms with Gasteiger partial charge in [-0.3, -0.25) is 9.11 Å². The number of aromatic nitrogens is 1. The Morgan fingerprint density at radius 3 is 2.42 bits per heavy atom. The molecule has 0 bridgehead atoms. The van der Waals surface area contributed by atoms with E-state index in [2.05, 4.69) is 0 Å². The first kappa shape index (κ1) is 27.9. The van der Waals surface area contributed by atoms with E-state index in [0.29, 0.717) is 27.4 Å². The van der Waals surface area contributed by atoms with Crippen molar-refractivity contribution in [3.05, 3.63) is 95.2 Å². The first-order valence-electron chi connectivity index (χ1n) is 12.1. The van der Waals surface area contributed by atoms with Crippen molar-refractivity contribution in [1.82, 2.24) is 0 Å². The predicted molar refractivity (Wildman–Crippen MR) is 151 cm³/mol. The number of rotatable bonds is 8. The van der Waals surface area contributed by atoms with Crippen molar-refractivity contribution < 1.29 is 39.7 Å². The number of aryl methyl sites for hydroxylation is 1. The number of oxazole rings is 1. The van der Waals surface area contributed by atoms with Gasteiger partial charge in [0.2, 0.25) is 11.5 Å². The second-order valence-corrected chi connectivity index (χ2v) is 12.2. The van der Waals surface area contributed by atoms with Crippen molar-refractivity contribution in [2.75, 3.05) is 10.1 Å². The maximum absolute atomic E-state index is 12.2. The third-order valence-corrected chi connectivity index (χ3v) is 7.99. The molecule has 0 amide bonds. The van der Waals surface area contributed by atoms with Crippen LogP contribution in [0.4, 0.5) is 5.69 Å². The van der Waals surface area contributed by atoms with Crippen LogP contribution in [0.5, 0.6) is 5.75 Å². The molecule has 4 aromatic rings. The summed E-state index contributed by atoms with van der Waals surface area (Å²) in [6.07, 6.45) is 3.42. The van der Waals surface area contributed by atoms with Crippen molar-refractivity contribution in [3.63, 3.8) is 0 Å². The van der Waals surface area contributed by atoms with E-state index in [1.807, 2.05) is 49.4 Å². The predicted octanol–water partition coefficient (Wildman–Crippen LogP) is 5.27. The number of benzene rings is 3. The number of hydrogen-bond acceptors (Lipinski definition) is 6. The van der Waals surface area contributed by atoms with E-state index in [9.17, 15) is 25.9 Å². The highest BCUT2D eigenvalue weighted by molar-refractivity contribution is 7.87. The van der Waals surface area contributed by atoms with Gasteiger partial charge in [0.1, 0.15) is 11.4 Å². The van der Waals surface area contributed by atoms with E-state index in [1.165, 1.54) is 24.3 Å². The molecule has 10 nitrogen and oxygen atoms in total. The molecule has 0 atom stereocenters. The molecule has 208 valence electrons. The van der Waals surface area contributed by atoms with E-state index < -0.39 is 26.2 Å². The number of allylic oxidation sites excluding steroid dienone is 2. The lowest BCUT2D eigenvalue weighted by Crippen LogP contribution is -2.38. The van der Waals surface area contributed by atoms with Crippen LogP contribution in [-0.4, -0.2) is 31.7 Å². The summed E-state index contributed by atoms with van der Waals surface area (Å²) in [6, 6.07) is 19.5. The van der Waals surface area contributed by atoms with Gasteiger partial charge in [-0.15, -0.1) is 0 Å². The molecule has 3 aromatic carbocycles. The van der Waals surface area contributed by atoms with Crippen LogP contribution in [0.3, 0.4) is 0 Å². The first-order chi connectivity index (χ1) is 18.9. The number of anilines is 1. The average Bonchev–Trinajstić information content (AvgIpc) is 3.43. The van der Waals surface area contributed by atoms with E-state index in [4.69, 9.17) is 20.8 Å². The summed E-state index contributed by atoms with van der Waals surface area (Å²) < 4.78 is 81.1. The normalized spacial score (nSPS) is 15.1. The Kier molecular flexibility index (Phi) is 7.46. The standard InChI is InChI=1S/C27H23ClN2O8S2/c1-2-18(15-27-30(40(34,35)36)23-17-21(28)9-11-25(23)38-27)14-26-29(12-13-39(31,32)33)22-16-20(8-10-24(22)37-26)19-6-4-3-5-7-19/h3-11,14-17H,2,12-13H2,1H3,(H-,31,32,33,34,35,36)/p+1. The SMILES string of the molecule is CCC(/C=C1\Oc2ccc(Cl)cc2N1S(=O)(=O)O)=C\c1oc2ccc(-c3ccccc3)cc2[n+]1CCS(=O)(=O)O. The molecule has 5 rings (SSSR count). The van der Waals surface area contributed by atoms with Crippen molar-refractivity contribution in [1.29, 1.82) is 0 Å². The molecule has 13 heteroatoms. The summed E-state index contributed by atoms with van der Waals surface area (Å²) in [4.78, 5) is 0. The smallest absolute Gasteiger partial charge is 0.374 e. The molecule has 0 saturated carbocycles. The van der Waals surface area contributed by atoms with Gasteiger partial charge < -0.3 is 9.15 Å². The van der Waals surface area contributed by atoms with Crippen molar-refractivity contribution >= 4 is 54.9 Å². The number of ether oxygens (including phenoxy) is 1. The van der Waals surface area contributed by atoms with Crippen molar-refractivity contribution in [3.8, 4) is 16.9 Å². The first-order valence-corrected chi connectivity index (χ1v) is 15.5. The Labute approximate surface area is 236 Å². The molecule has 1 aromatic heterocycles. The summed E-state index contributed by atoms with van der Waals surface area (Å²) in [5.74, 6) is -0.292. The topological polar surface area (TPSA) is 138 Å². The average molecular weight is 604 g/mol. The fraction of sp³-hybridized carbons (Fsp3) is 0.148. The van der Waals surface area contributed by atoms with Gasteiger partial charge in [0.15, 0.2) is 12.3 Å². The van der Waals surface area contributed by atoms with Crippen LogP contribution < -0.4 is 13.6 Å². The maximum Gasteiger partial charge on any atom is 0.374 e. The lowest BCUT2D eigenvalue weighted by atomic mass is 10.1. The molecule has 2 N–H and O–H groups in total. The van der Waals surface area contributed by atoms with E-state index in [-0.39, 0.29) is 34.8 Å². The third kappa shape index (κ3) is 5.91. The Morgan fingerprint density at radius 2 is 1.75 bits per heavy atom. The van der Waals surface area contributed by atoms with Gasteiger partial charge in [-0.05, 0) is 47.4 Å². The van der Waals surface area contributed by atoms with E-state index >= 15 is 0 Å². The van der Waals surface area contributed by atoms with Gasteiger partial charge in [-0.2, -0.15) is 25.7 Å². The minimum atomic E-state index is -4.76. The van der Waals surface area contributed by atoms with Crippen LogP contribution in [0.25, 0.3) is 28.3 Å². The second kappa shape index (κ2) is 10.7. The van der Waals surface area contributed by atoms with Gasteiger partial charge in [0.05, 0.1) is 6.08 Å². The largest absolute Gasteiger partial charge is 0.437 e. The van der Waals surface area contributed by atoms with Gasteiger partial charge in [0.25, 0.3) is 15.6 Å². The molecular weight excluding hydrogens is 580 g/mol. The third-order valence-electron chi connectivity index (χ3n) is 6.22. The lowest BCUT2D eigenvalue weighted by Gasteiger charge is -2.14. The molecular formula is C27H24ClN2O8S2+. The van der Waals surface area contributed by atoms with Crippen LogP contribution in [0.2, 0.25) is 5.02 Å². The number of hydrogen-bond donors (Lipinski definition) is 2. The highest BCUT2D eigenvalue weighted by Gasteiger charge is 2.35. The molecule has 1 aliphatic heterocycles. The number of nitrogens with zero attached hydrogens (tertiary/aromatic N) is 2. The summed E-state index contributed by atoms with van der Waals surface area (Å²) in [7, 11) is -9.05. The van der Waals surface area contributed by atoms with Crippen molar-refractivity contribution in [2.45, 2.75) is 19.9 Å². The van der Waals surface area contributed by atoms with Crippen LogP contribution >= 0.6 is 11.6 Å². The highest BCUT2D eigenvalue weighted by atomic mass is 35.5. The molecule has 1 aliphatic rings. The zero-order chi connectivity index (χ0) is 28.7. The van der Waals surface area contributed by atoms with Gasteiger partial charge in [-0.1, -0.05) is 54.9 Å². The van der Waals surface area contributed by atoms with Gasteiger partial charge in [-0.25, -0.2) is 0 Å². The van der Waals surface area contributed by atoms with E-state index in [0.717, 1.165) is 11.1 Å². The Balaban J connectivity index is 1.62. The zero-order valence-electron chi connectivity index (χ0n) is 21.1. The molecule has 0 spiro atoms. The van der Waals surface area contributed by atoms with E-state index in [1.54, 1.807) is 16.7 Å². The Morgan fingerprint density at radius 1 is 1.00 bits per heavy atom. The summed E-state index contributed by atoms with van der Waals surface area (Å²) in [6.45, 7) is 1.71. The number of fused-ring (bicyclic) bond motifs is 2. The lowest BCUT2D eigenvalue weighted by molar-refractivity contribution is -0.673. The molecule has 0 fully saturated rings. The minimum Gasteiger partial charge on any atom is -0.437 e. The molecule has 0 unspecified atom stereocenters. The maximum atomic E-state index is 12.2. The zero-order valence-corrected chi connectivity index (χ0v) is 23.4. The van der Waals surface area contributed by atoms with Gasteiger partial charge >= 0.3 is 16.2 Å². The molecule has 2 heterocycles. The monoisotopic (exact) mass is 603 g/mol. The summed E-state index contributed by atoms with van der Waals surface area (Å²) in [5, 5.41) is 0.250. The summed E-state index contributed by atoms with van der Waals surface area (Å²) >= 11 is 6.03. The molecule has 0 radical (unpaired) electrons. The minimum absolute atomic E-state index is 0.0529. The molecule has 40 heavy (non-hydrogen) atoms. The number of halogens is 1. The highest BCUT2D eigenvalue weighted by Crippen LogP contribution is 2.42. The second-order valence-electron chi connectivity index (χ2n) is 8.94.